The van der Waals surface area contributed by atoms with Crippen LogP contribution in [0.4, 0.5) is 5.69 Å². The Morgan fingerprint density at radius 1 is 1.18 bits per heavy atom. The van der Waals surface area contributed by atoms with E-state index in [1.807, 2.05) is 6.07 Å². The molecular formula is C26H28N2O5. The molecule has 33 heavy (non-hydrogen) atoms. The molecule has 1 N–H and O–H groups in total. The van der Waals surface area contributed by atoms with Crippen LogP contribution >= 0.6 is 0 Å². The minimum Gasteiger partial charge on any atom is -0.497 e. The quantitative estimate of drug-likeness (QED) is 0.643. The van der Waals surface area contributed by atoms with Crippen LogP contribution in [0.25, 0.3) is 11.0 Å². The highest BCUT2D eigenvalue weighted by Gasteiger charge is 2.32. The maximum Gasteiger partial charge on any atom is 0.338 e. The minimum atomic E-state index is -0.362. The van der Waals surface area contributed by atoms with Gasteiger partial charge in [0.25, 0.3) is 0 Å². The number of anilines is 1. The predicted octanol–water partition coefficient (Wildman–Crippen LogP) is 4.68. The number of nitrogens with zero attached hydrogens (tertiary/aromatic N) is 1. The second kappa shape index (κ2) is 9.58. The summed E-state index contributed by atoms with van der Waals surface area (Å²) in [6.45, 7) is 1.80. The van der Waals surface area contributed by atoms with Gasteiger partial charge in [0, 0.05) is 30.6 Å². The van der Waals surface area contributed by atoms with Gasteiger partial charge in [0.1, 0.15) is 30.1 Å². The van der Waals surface area contributed by atoms with Crippen molar-refractivity contribution in [3.63, 3.8) is 0 Å². The van der Waals surface area contributed by atoms with E-state index >= 15 is 0 Å². The van der Waals surface area contributed by atoms with Gasteiger partial charge in [-0.3, -0.25) is 4.90 Å². The molecule has 1 atom stereocenters. The Labute approximate surface area is 192 Å². The first kappa shape index (κ1) is 21.4. The third-order valence-corrected chi connectivity index (χ3v) is 6.39. The van der Waals surface area contributed by atoms with E-state index in [4.69, 9.17) is 18.6 Å². The normalized spacial score (nSPS) is 19.9. The van der Waals surface area contributed by atoms with E-state index in [0.29, 0.717) is 5.58 Å². The zero-order valence-corrected chi connectivity index (χ0v) is 18.7. The van der Waals surface area contributed by atoms with Crippen molar-refractivity contribution in [3.05, 3.63) is 83.0 Å². The summed E-state index contributed by atoms with van der Waals surface area (Å²) in [7, 11) is 1.63. The van der Waals surface area contributed by atoms with Crippen LogP contribution in [-0.4, -0.2) is 37.2 Å². The molecule has 2 aromatic rings. The lowest BCUT2D eigenvalue weighted by molar-refractivity contribution is 0.137. The van der Waals surface area contributed by atoms with Crippen molar-refractivity contribution in [2.45, 2.75) is 37.8 Å². The van der Waals surface area contributed by atoms with Crippen molar-refractivity contribution in [3.8, 4) is 5.75 Å². The summed E-state index contributed by atoms with van der Waals surface area (Å²) in [6, 6.07) is 7.30. The molecule has 1 aromatic carbocycles. The summed E-state index contributed by atoms with van der Waals surface area (Å²) in [5.74, 6) is 1.55. The fourth-order valence-corrected chi connectivity index (χ4v) is 4.76. The van der Waals surface area contributed by atoms with E-state index in [1.54, 1.807) is 38.0 Å². The maximum atomic E-state index is 12.1. The summed E-state index contributed by atoms with van der Waals surface area (Å²) in [5.41, 5.74) is 2.31. The molecule has 5 rings (SSSR count). The molecule has 3 aliphatic rings. The van der Waals surface area contributed by atoms with Crippen LogP contribution in [0, 0.1) is 0 Å². The highest BCUT2D eigenvalue weighted by Crippen LogP contribution is 2.32. The van der Waals surface area contributed by atoms with Gasteiger partial charge in [-0.2, -0.15) is 0 Å². The molecular weight excluding hydrogens is 420 g/mol. The summed E-state index contributed by atoms with van der Waals surface area (Å²) < 4.78 is 22.0. The van der Waals surface area contributed by atoms with Gasteiger partial charge >= 0.3 is 5.63 Å². The third kappa shape index (κ3) is 4.68. The first-order valence-corrected chi connectivity index (χ1v) is 11.4. The predicted molar refractivity (Wildman–Crippen MR) is 127 cm³/mol. The highest BCUT2D eigenvalue weighted by molar-refractivity contribution is 5.90. The van der Waals surface area contributed by atoms with Gasteiger partial charge in [0.15, 0.2) is 5.76 Å². The van der Waals surface area contributed by atoms with E-state index in [2.05, 4.69) is 28.4 Å². The fraction of sp³-hybridized carbons (Fsp3) is 0.346. The molecule has 1 saturated heterocycles. The lowest BCUT2D eigenvalue weighted by atomic mass is 9.92. The Balaban J connectivity index is 1.32. The molecule has 1 aliphatic carbocycles. The number of allylic oxidation sites excluding steroid dienone is 3. The standard InChI is InChI=1S/C26H28N2O5/c1-30-20-7-8-23-21(15-20)22(16-25(29)33-23)27-19-9-11-28(12-10-19)26(18-5-3-2-4-6-18)24-17-31-13-14-32-24/h2-3,5,7-8,13-17,19,26-27H,4,6,9-12H2,1H3. The number of hydrogen-bond acceptors (Lipinski definition) is 7. The Bertz CT molecular complexity index is 1180. The third-order valence-electron chi connectivity index (χ3n) is 6.39. The Hall–Kier alpha value is -3.45. The Morgan fingerprint density at radius 3 is 2.79 bits per heavy atom. The van der Waals surface area contributed by atoms with E-state index in [-0.39, 0.29) is 17.7 Å². The van der Waals surface area contributed by atoms with Gasteiger partial charge in [0.2, 0.25) is 0 Å². The van der Waals surface area contributed by atoms with E-state index in [1.165, 1.54) is 11.6 Å². The molecule has 2 aliphatic heterocycles. The first-order chi connectivity index (χ1) is 16.2. The van der Waals surface area contributed by atoms with Crippen molar-refractivity contribution in [2.75, 3.05) is 25.5 Å². The summed E-state index contributed by atoms with van der Waals surface area (Å²) in [5, 5.41) is 4.43. The number of benzene rings is 1. The topological polar surface area (TPSA) is 73.2 Å². The van der Waals surface area contributed by atoms with Gasteiger partial charge in [-0.05, 0) is 49.5 Å². The molecule has 0 saturated carbocycles. The largest absolute Gasteiger partial charge is 0.497 e. The van der Waals surface area contributed by atoms with Crippen molar-refractivity contribution < 1.29 is 18.6 Å². The van der Waals surface area contributed by atoms with E-state index in [0.717, 1.165) is 61.4 Å². The molecule has 0 spiro atoms. The van der Waals surface area contributed by atoms with Gasteiger partial charge in [-0.1, -0.05) is 18.2 Å². The van der Waals surface area contributed by atoms with Gasteiger partial charge in [-0.15, -0.1) is 0 Å². The molecule has 3 heterocycles. The number of ether oxygens (including phenoxy) is 3. The molecule has 1 fully saturated rings. The van der Waals surface area contributed by atoms with Crippen LogP contribution in [-0.2, 0) is 9.47 Å². The second-order valence-electron chi connectivity index (χ2n) is 8.45. The summed E-state index contributed by atoms with van der Waals surface area (Å²) >= 11 is 0. The zero-order valence-electron chi connectivity index (χ0n) is 18.7. The molecule has 172 valence electrons. The van der Waals surface area contributed by atoms with Crippen LogP contribution in [0.5, 0.6) is 5.75 Å². The molecule has 1 unspecified atom stereocenters. The number of fused-ring (bicyclic) bond motifs is 1. The van der Waals surface area contributed by atoms with Crippen molar-refractivity contribution >= 4 is 16.7 Å². The molecule has 0 radical (unpaired) electrons. The summed E-state index contributed by atoms with van der Waals surface area (Å²) in [4.78, 5) is 14.6. The smallest absolute Gasteiger partial charge is 0.338 e. The molecule has 1 aromatic heterocycles. The number of piperidine rings is 1. The first-order valence-electron chi connectivity index (χ1n) is 11.4. The molecule has 0 bridgehead atoms. The highest BCUT2D eigenvalue weighted by atomic mass is 16.5. The number of rotatable bonds is 6. The van der Waals surface area contributed by atoms with Crippen LogP contribution in [0.3, 0.4) is 0 Å². The average molecular weight is 449 g/mol. The van der Waals surface area contributed by atoms with Crippen LogP contribution in [0.1, 0.15) is 25.7 Å². The van der Waals surface area contributed by atoms with E-state index in [9.17, 15) is 4.79 Å². The fourth-order valence-electron chi connectivity index (χ4n) is 4.76. The van der Waals surface area contributed by atoms with Gasteiger partial charge < -0.3 is 23.9 Å². The van der Waals surface area contributed by atoms with Crippen molar-refractivity contribution in [1.29, 1.82) is 0 Å². The lowest BCUT2D eigenvalue weighted by Crippen LogP contribution is -2.46. The molecule has 0 amide bonds. The minimum absolute atomic E-state index is 0.0645. The Morgan fingerprint density at radius 2 is 2.06 bits per heavy atom. The molecule has 7 heteroatoms. The number of likely N-dealkylation sites (tertiary alicyclic amines) is 1. The van der Waals surface area contributed by atoms with Crippen molar-refractivity contribution in [1.82, 2.24) is 4.90 Å². The number of methoxy groups -OCH3 is 1. The van der Waals surface area contributed by atoms with Crippen LogP contribution in [0.2, 0.25) is 0 Å². The summed E-state index contributed by atoms with van der Waals surface area (Å²) in [6.07, 6.45) is 15.3. The molecule has 7 nitrogen and oxygen atoms in total. The van der Waals surface area contributed by atoms with Crippen molar-refractivity contribution in [2.24, 2.45) is 0 Å². The zero-order chi connectivity index (χ0) is 22.6. The maximum absolute atomic E-state index is 12.1. The van der Waals surface area contributed by atoms with Gasteiger partial charge in [-0.25, -0.2) is 4.79 Å². The van der Waals surface area contributed by atoms with Crippen LogP contribution in [0.15, 0.2) is 81.8 Å². The monoisotopic (exact) mass is 448 g/mol. The lowest BCUT2D eigenvalue weighted by Gasteiger charge is -2.40. The van der Waals surface area contributed by atoms with E-state index < -0.39 is 0 Å². The number of hydrogen-bond donors (Lipinski definition) is 1. The van der Waals surface area contributed by atoms with Gasteiger partial charge in [0.05, 0.1) is 18.8 Å². The second-order valence-corrected chi connectivity index (χ2v) is 8.45. The number of nitrogens with one attached hydrogen (secondary N) is 1. The average Bonchev–Trinajstić information content (AvgIpc) is 2.86. The van der Waals surface area contributed by atoms with Crippen LogP contribution < -0.4 is 15.7 Å². The Kier molecular flexibility index (Phi) is 6.21. The SMILES string of the molecule is COc1ccc2oc(=O)cc(NC3CCN(C(C4=CC=CCC4)C4=COC=CO4)CC3)c2c1.